The molecule has 2 heteroatoms. The fourth-order valence-corrected chi connectivity index (χ4v) is 7.59. The van der Waals surface area contributed by atoms with Gasteiger partial charge in [-0.25, -0.2) is 9.97 Å². The number of hydrogen-bond acceptors (Lipinski definition) is 2. The third kappa shape index (κ3) is 5.23. The van der Waals surface area contributed by atoms with E-state index in [1.807, 2.05) is 0 Å². The Hall–Kier alpha value is -6.12. The molecule has 232 valence electrons. The van der Waals surface area contributed by atoms with Crippen LogP contribution in [0.1, 0.15) is 18.9 Å². The highest BCUT2D eigenvalue weighted by Gasteiger charge is 2.16. The second-order valence-electron chi connectivity index (χ2n) is 13.1. The average Bonchev–Trinajstić information content (AvgIpc) is 3.18. The second kappa shape index (κ2) is 12.2. The maximum absolute atomic E-state index is 4.82. The van der Waals surface area contributed by atoms with E-state index in [0.717, 1.165) is 34.5 Å². The first kappa shape index (κ1) is 29.1. The van der Waals surface area contributed by atoms with Crippen LogP contribution in [0.5, 0.6) is 0 Å². The Morgan fingerprint density at radius 2 is 1.02 bits per heavy atom. The van der Waals surface area contributed by atoms with Crippen molar-refractivity contribution in [3.8, 4) is 44.8 Å². The minimum absolute atomic E-state index is 0.544. The summed E-state index contributed by atoms with van der Waals surface area (Å²) in [6.07, 6.45) is 9.42. The molecule has 0 N–H and O–H groups in total. The van der Waals surface area contributed by atoms with Crippen molar-refractivity contribution in [2.45, 2.75) is 13.3 Å². The Kier molecular flexibility index (Phi) is 7.21. The quantitative estimate of drug-likeness (QED) is 0.178. The molecule has 1 unspecified atom stereocenters. The Balaban J connectivity index is 1.15. The number of benzene rings is 7. The maximum atomic E-state index is 4.82. The number of nitrogens with zero attached hydrogens (tertiary/aromatic N) is 2. The van der Waals surface area contributed by atoms with Crippen molar-refractivity contribution in [2.75, 3.05) is 0 Å². The van der Waals surface area contributed by atoms with Gasteiger partial charge < -0.3 is 0 Å². The lowest BCUT2D eigenvalue weighted by atomic mass is 9.88. The van der Waals surface area contributed by atoms with E-state index in [9.17, 15) is 0 Å². The summed E-state index contributed by atoms with van der Waals surface area (Å²) in [6.45, 7) is 2.27. The van der Waals surface area contributed by atoms with Crippen molar-refractivity contribution in [1.82, 2.24) is 9.97 Å². The lowest BCUT2D eigenvalue weighted by Gasteiger charge is -2.16. The van der Waals surface area contributed by atoms with Crippen LogP contribution < -0.4 is 0 Å². The summed E-state index contributed by atoms with van der Waals surface area (Å²) >= 11 is 0. The molecule has 0 aliphatic heterocycles. The van der Waals surface area contributed by atoms with Gasteiger partial charge in [-0.1, -0.05) is 153 Å². The smallest absolute Gasteiger partial charge is 0.116 e. The average molecular weight is 627 g/mol. The molecule has 1 aliphatic carbocycles. The molecule has 0 radical (unpaired) electrons. The zero-order valence-corrected chi connectivity index (χ0v) is 27.3. The minimum Gasteiger partial charge on any atom is -0.236 e. The van der Waals surface area contributed by atoms with Gasteiger partial charge in [0.25, 0.3) is 0 Å². The van der Waals surface area contributed by atoms with E-state index in [0.29, 0.717) is 5.92 Å². The molecule has 1 aromatic heterocycles. The summed E-state index contributed by atoms with van der Waals surface area (Å²) in [5.74, 6) is 0.544. The van der Waals surface area contributed by atoms with E-state index in [-0.39, 0.29) is 0 Å². The molecular weight excluding hydrogens is 593 g/mol. The molecule has 49 heavy (non-hydrogen) atoms. The largest absolute Gasteiger partial charge is 0.236 e. The van der Waals surface area contributed by atoms with Crippen LogP contribution >= 0.6 is 0 Å². The molecule has 1 aliphatic rings. The van der Waals surface area contributed by atoms with Crippen molar-refractivity contribution in [3.05, 3.63) is 176 Å². The molecule has 0 bridgehead atoms. The van der Waals surface area contributed by atoms with E-state index in [1.54, 1.807) is 6.33 Å². The van der Waals surface area contributed by atoms with Gasteiger partial charge in [0.15, 0.2) is 0 Å². The third-order valence-electron chi connectivity index (χ3n) is 9.95. The van der Waals surface area contributed by atoms with E-state index in [1.165, 1.54) is 60.1 Å². The van der Waals surface area contributed by atoms with Crippen molar-refractivity contribution in [3.63, 3.8) is 0 Å². The molecule has 0 saturated carbocycles. The molecule has 1 heterocycles. The Bertz CT molecular complexity index is 2570. The van der Waals surface area contributed by atoms with Gasteiger partial charge in [-0.05, 0) is 96.2 Å². The second-order valence-corrected chi connectivity index (χ2v) is 13.1. The topological polar surface area (TPSA) is 25.8 Å². The molecule has 0 spiro atoms. The molecule has 1 atom stereocenters. The number of aromatic nitrogens is 2. The summed E-state index contributed by atoms with van der Waals surface area (Å²) in [5, 5.41) is 7.69. The summed E-state index contributed by atoms with van der Waals surface area (Å²) in [6, 6.07) is 52.7. The summed E-state index contributed by atoms with van der Waals surface area (Å²) < 4.78 is 0. The lowest BCUT2D eigenvalue weighted by Crippen LogP contribution is -1.97. The molecule has 0 amide bonds. The lowest BCUT2D eigenvalue weighted by molar-refractivity contribution is 0.749. The zero-order chi connectivity index (χ0) is 32.7. The predicted molar refractivity (Wildman–Crippen MR) is 207 cm³/mol. The number of hydrogen-bond donors (Lipinski definition) is 0. The highest BCUT2D eigenvalue weighted by atomic mass is 14.8. The number of allylic oxidation sites excluding steroid dienone is 4. The summed E-state index contributed by atoms with van der Waals surface area (Å²) in [5.41, 5.74) is 11.3. The predicted octanol–water partition coefficient (Wildman–Crippen LogP) is 12.6. The van der Waals surface area contributed by atoms with Crippen LogP contribution in [0.25, 0.3) is 82.7 Å². The highest BCUT2D eigenvalue weighted by Crippen LogP contribution is 2.41. The van der Waals surface area contributed by atoms with Gasteiger partial charge in [0.1, 0.15) is 6.33 Å². The molecule has 9 rings (SSSR count). The number of rotatable bonds is 5. The molecule has 2 nitrogen and oxygen atoms in total. The normalized spacial score (nSPS) is 14.4. The van der Waals surface area contributed by atoms with Gasteiger partial charge in [0.2, 0.25) is 0 Å². The Morgan fingerprint density at radius 3 is 1.73 bits per heavy atom. The first-order chi connectivity index (χ1) is 24.2. The van der Waals surface area contributed by atoms with Crippen molar-refractivity contribution in [1.29, 1.82) is 0 Å². The fraction of sp³-hybridized carbons (Fsp3) is 0.0638. The Labute approximate surface area is 286 Å². The maximum Gasteiger partial charge on any atom is 0.116 e. The monoisotopic (exact) mass is 626 g/mol. The molecular formula is C47H34N2. The van der Waals surface area contributed by atoms with Crippen molar-refractivity contribution >= 4 is 37.9 Å². The first-order valence-corrected chi connectivity index (χ1v) is 17.0. The summed E-state index contributed by atoms with van der Waals surface area (Å²) in [7, 11) is 0. The first-order valence-electron chi connectivity index (χ1n) is 17.0. The molecule has 8 aromatic rings. The highest BCUT2D eigenvalue weighted by molar-refractivity contribution is 6.25. The van der Waals surface area contributed by atoms with Crippen molar-refractivity contribution in [2.24, 2.45) is 5.92 Å². The molecule has 0 saturated heterocycles. The van der Waals surface area contributed by atoms with Crippen LogP contribution in [0.2, 0.25) is 0 Å². The SMILES string of the molecule is CC1C=CC=C(c2cccc(-c3cc(-c4ccccc4-c4ccccc4-c4ccc5c6ccccc6c6ccccc6c5c4)ncn3)c2)C1. The van der Waals surface area contributed by atoms with Gasteiger partial charge in [-0.2, -0.15) is 0 Å². The van der Waals surface area contributed by atoms with Crippen LogP contribution in [0.3, 0.4) is 0 Å². The van der Waals surface area contributed by atoms with Gasteiger partial charge in [-0.15, -0.1) is 0 Å². The van der Waals surface area contributed by atoms with E-state index in [4.69, 9.17) is 9.97 Å². The van der Waals surface area contributed by atoms with Crippen LogP contribution in [0, 0.1) is 5.92 Å². The standard InChI is InChI=1S/C47H34N2/c1-31-12-10-13-32(26-31)33-14-11-15-35(27-33)46-29-47(49-30-48-46)44-23-9-8-21-41(44)37-17-3-2-16-36(37)34-24-25-43-40-20-5-4-18-38(40)39-19-6-7-22-42(39)45(43)28-34/h2-25,27-31H,26H2,1H3. The Morgan fingerprint density at radius 1 is 0.449 bits per heavy atom. The zero-order valence-electron chi connectivity index (χ0n) is 27.3. The van der Waals surface area contributed by atoms with E-state index < -0.39 is 0 Å². The molecule has 0 fully saturated rings. The van der Waals surface area contributed by atoms with Gasteiger partial charge in [0, 0.05) is 11.1 Å². The third-order valence-corrected chi connectivity index (χ3v) is 9.95. The minimum atomic E-state index is 0.544. The van der Waals surface area contributed by atoms with E-state index in [2.05, 4.69) is 171 Å². The van der Waals surface area contributed by atoms with Crippen LogP contribution in [-0.4, -0.2) is 9.97 Å². The van der Waals surface area contributed by atoms with Gasteiger partial charge >= 0.3 is 0 Å². The fourth-order valence-electron chi connectivity index (χ4n) is 7.59. The van der Waals surface area contributed by atoms with Crippen LogP contribution in [0.4, 0.5) is 0 Å². The van der Waals surface area contributed by atoms with Crippen LogP contribution in [-0.2, 0) is 0 Å². The van der Waals surface area contributed by atoms with Gasteiger partial charge in [0.05, 0.1) is 11.4 Å². The van der Waals surface area contributed by atoms with E-state index >= 15 is 0 Å². The van der Waals surface area contributed by atoms with Crippen molar-refractivity contribution < 1.29 is 0 Å². The number of fused-ring (bicyclic) bond motifs is 6. The molecule has 7 aromatic carbocycles. The summed E-state index contributed by atoms with van der Waals surface area (Å²) in [4.78, 5) is 9.55. The van der Waals surface area contributed by atoms with Gasteiger partial charge in [-0.3, -0.25) is 0 Å². The van der Waals surface area contributed by atoms with Crippen LogP contribution in [0.15, 0.2) is 170 Å².